The Morgan fingerprint density at radius 3 is 1.78 bits per heavy atom. The lowest BCUT2D eigenvalue weighted by Gasteiger charge is -1.99. The standard InChI is InChI=1S/C14H8ClNO2/c15-14(17)18-16-13-11-7-3-1-5-9(11)10-6-2-4-8-12(10)13/h1-8H. The van der Waals surface area contributed by atoms with Crippen LogP contribution < -0.4 is 0 Å². The Morgan fingerprint density at radius 1 is 0.889 bits per heavy atom. The van der Waals surface area contributed by atoms with Crippen LogP contribution in [0.3, 0.4) is 0 Å². The second-order valence-electron chi connectivity index (χ2n) is 3.86. The van der Waals surface area contributed by atoms with Crippen molar-refractivity contribution in [2.24, 2.45) is 5.16 Å². The van der Waals surface area contributed by atoms with E-state index in [1.807, 2.05) is 48.5 Å². The van der Waals surface area contributed by atoms with E-state index in [-0.39, 0.29) is 0 Å². The Bertz CT molecular complexity index is 617. The number of rotatable bonds is 1. The van der Waals surface area contributed by atoms with E-state index in [4.69, 9.17) is 11.6 Å². The highest BCUT2D eigenvalue weighted by molar-refractivity contribution is 6.61. The van der Waals surface area contributed by atoms with Gasteiger partial charge in [0.15, 0.2) is 0 Å². The molecule has 88 valence electrons. The zero-order chi connectivity index (χ0) is 12.5. The SMILES string of the molecule is O=C(Cl)ON=C1c2ccccc2-c2ccccc21. The van der Waals surface area contributed by atoms with Crippen LogP contribution in [0.15, 0.2) is 53.7 Å². The van der Waals surface area contributed by atoms with Gasteiger partial charge in [0.2, 0.25) is 0 Å². The molecule has 0 aromatic heterocycles. The van der Waals surface area contributed by atoms with E-state index in [1.165, 1.54) is 0 Å². The topological polar surface area (TPSA) is 38.7 Å². The largest absolute Gasteiger partial charge is 0.429 e. The van der Waals surface area contributed by atoms with Crippen molar-refractivity contribution in [3.8, 4) is 11.1 Å². The Kier molecular flexibility index (Phi) is 2.61. The Labute approximate surface area is 109 Å². The molecular formula is C14H8ClNO2. The van der Waals surface area contributed by atoms with Crippen molar-refractivity contribution in [3.05, 3.63) is 59.7 Å². The first-order valence-corrected chi connectivity index (χ1v) is 5.79. The molecule has 3 rings (SSSR count). The van der Waals surface area contributed by atoms with E-state index in [9.17, 15) is 4.79 Å². The molecule has 0 saturated heterocycles. The van der Waals surface area contributed by atoms with Crippen LogP contribution in [0.1, 0.15) is 11.1 Å². The zero-order valence-electron chi connectivity index (χ0n) is 9.26. The van der Waals surface area contributed by atoms with Gasteiger partial charge in [-0.2, -0.15) is 0 Å². The van der Waals surface area contributed by atoms with Gasteiger partial charge in [-0.05, 0) is 11.1 Å². The number of benzene rings is 2. The second-order valence-corrected chi connectivity index (χ2v) is 4.17. The number of nitrogens with zero attached hydrogens (tertiary/aromatic N) is 1. The number of hydrogen-bond donors (Lipinski definition) is 0. The van der Waals surface area contributed by atoms with Gasteiger partial charge in [-0.3, -0.25) is 0 Å². The van der Waals surface area contributed by atoms with Crippen LogP contribution in [0, 0.1) is 0 Å². The Hall–Kier alpha value is -2.13. The molecule has 0 heterocycles. The third-order valence-electron chi connectivity index (χ3n) is 2.86. The first kappa shape index (κ1) is 11.0. The molecule has 18 heavy (non-hydrogen) atoms. The van der Waals surface area contributed by atoms with Gasteiger partial charge in [-0.25, -0.2) is 4.79 Å². The maximum atomic E-state index is 10.7. The van der Waals surface area contributed by atoms with Crippen LogP contribution in [-0.2, 0) is 4.84 Å². The third kappa shape index (κ3) is 1.69. The van der Waals surface area contributed by atoms with E-state index in [1.54, 1.807) is 0 Å². The van der Waals surface area contributed by atoms with E-state index < -0.39 is 5.43 Å². The van der Waals surface area contributed by atoms with Crippen molar-refractivity contribution in [1.82, 2.24) is 0 Å². The minimum atomic E-state index is -0.940. The summed E-state index contributed by atoms with van der Waals surface area (Å²) in [6.07, 6.45) is 0. The van der Waals surface area contributed by atoms with E-state index >= 15 is 0 Å². The summed E-state index contributed by atoms with van der Waals surface area (Å²) in [6, 6.07) is 15.7. The molecule has 1 aliphatic rings. The first-order valence-electron chi connectivity index (χ1n) is 5.41. The molecule has 4 heteroatoms. The van der Waals surface area contributed by atoms with Crippen molar-refractivity contribution in [3.63, 3.8) is 0 Å². The molecule has 0 bridgehead atoms. The van der Waals surface area contributed by atoms with Crippen molar-refractivity contribution < 1.29 is 9.63 Å². The normalized spacial score (nSPS) is 11.7. The van der Waals surface area contributed by atoms with Crippen molar-refractivity contribution >= 4 is 22.7 Å². The van der Waals surface area contributed by atoms with Crippen LogP contribution in [0.25, 0.3) is 11.1 Å². The van der Waals surface area contributed by atoms with E-state index in [0.717, 1.165) is 22.3 Å². The summed E-state index contributed by atoms with van der Waals surface area (Å²) in [5, 5.41) is 3.84. The van der Waals surface area contributed by atoms with Crippen LogP contribution in [0.2, 0.25) is 0 Å². The molecule has 0 N–H and O–H groups in total. The maximum Gasteiger partial charge on any atom is 0.429 e. The van der Waals surface area contributed by atoms with Crippen molar-refractivity contribution in [1.29, 1.82) is 0 Å². The van der Waals surface area contributed by atoms with Gasteiger partial charge in [0, 0.05) is 22.7 Å². The summed E-state index contributed by atoms with van der Waals surface area (Å²) in [5.74, 6) is 0. The molecule has 2 aromatic rings. The molecule has 0 aliphatic heterocycles. The number of carbonyl (C=O) groups excluding carboxylic acids is 1. The summed E-state index contributed by atoms with van der Waals surface area (Å²) >= 11 is 5.14. The Morgan fingerprint density at radius 2 is 1.33 bits per heavy atom. The summed E-state index contributed by atoms with van der Waals surface area (Å²) in [5.41, 5.74) is 3.74. The third-order valence-corrected chi connectivity index (χ3v) is 2.93. The minimum absolute atomic E-state index is 0.634. The molecule has 1 aliphatic carbocycles. The number of carbonyl (C=O) groups is 1. The predicted molar refractivity (Wildman–Crippen MR) is 69.9 cm³/mol. The van der Waals surface area contributed by atoms with Crippen molar-refractivity contribution in [2.45, 2.75) is 0 Å². The fraction of sp³-hybridized carbons (Fsp3) is 0. The quantitative estimate of drug-likeness (QED) is 0.378. The number of fused-ring (bicyclic) bond motifs is 3. The van der Waals surface area contributed by atoms with Crippen LogP contribution in [0.5, 0.6) is 0 Å². The lowest BCUT2D eigenvalue weighted by atomic mass is 10.1. The van der Waals surface area contributed by atoms with Gasteiger partial charge in [-0.15, -0.1) is 0 Å². The van der Waals surface area contributed by atoms with Gasteiger partial charge in [-0.1, -0.05) is 53.7 Å². The molecule has 0 spiro atoms. The molecule has 0 radical (unpaired) electrons. The zero-order valence-corrected chi connectivity index (χ0v) is 10.0. The van der Waals surface area contributed by atoms with Gasteiger partial charge in [0.1, 0.15) is 5.71 Å². The average molecular weight is 258 g/mol. The van der Waals surface area contributed by atoms with Crippen molar-refractivity contribution in [2.75, 3.05) is 0 Å². The highest BCUT2D eigenvalue weighted by Crippen LogP contribution is 2.36. The fourth-order valence-electron chi connectivity index (χ4n) is 2.17. The van der Waals surface area contributed by atoms with Gasteiger partial charge in [0.05, 0.1) is 0 Å². The minimum Gasteiger partial charge on any atom is -0.302 e. The van der Waals surface area contributed by atoms with Gasteiger partial charge < -0.3 is 4.84 Å². The molecule has 3 nitrogen and oxygen atoms in total. The molecule has 2 aromatic carbocycles. The smallest absolute Gasteiger partial charge is 0.302 e. The summed E-state index contributed by atoms with van der Waals surface area (Å²) in [6.45, 7) is 0. The summed E-state index contributed by atoms with van der Waals surface area (Å²) in [7, 11) is 0. The maximum absolute atomic E-state index is 10.7. The lowest BCUT2D eigenvalue weighted by molar-refractivity contribution is 0.179. The molecule has 0 amide bonds. The number of hydrogen-bond acceptors (Lipinski definition) is 3. The van der Waals surface area contributed by atoms with E-state index in [0.29, 0.717) is 5.71 Å². The van der Waals surface area contributed by atoms with Crippen LogP contribution >= 0.6 is 11.6 Å². The van der Waals surface area contributed by atoms with Crippen LogP contribution in [0.4, 0.5) is 4.79 Å². The lowest BCUT2D eigenvalue weighted by Crippen LogP contribution is -2.00. The Balaban J connectivity index is 2.21. The molecule has 0 fully saturated rings. The highest BCUT2D eigenvalue weighted by atomic mass is 35.5. The molecule has 0 atom stereocenters. The predicted octanol–water partition coefficient (Wildman–Crippen LogP) is 3.79. The first-order chi connectivity index (χ1) is 8.77. The molecule has 0 unspecified atom stereocenters. The highest BCUT2D eigenvalue weighted by Gasteiger charge is 2.24. The number of oxime groups is 1. The second kappa shape index (κ2) is 4.27. The molecule has 0 saturated carbocycles. The van der Waals surface area contributed by atoms with Gasteiger partial charge >= 0.3 is 5.43 Å². The monoisotopic (exact) mass is 257 g/mol. The number of halogens is 1. The molecular weight excluding hydrogens is 250 g/mol. The van der Waals surface area contributed by atoms with Crippen LogP contribution in [-0.4, -0.2) is 11.1 Å². The van der Waals surface area contributed by atoms with E-state index in [2.05, 4.69) is 9.99 Å². The summed E-state index contributed by atoms with van der Waals surface area (Å²) in [4.78, 5) is 15.2. The average Bonchev–Trinajstić information content (AvgIpc) is 2.71. The van der Waals surface area contributed by atoms with Gasteiger partial charge in [0.25, 0.3) is 0 Å². The fourth-order valence-corrected chi connectivity index (χ4v) is 2.21. The summed E-state index contributed by atoms with van der Waals surface area (Å²) < 4.78 is 0.